The van der Waals surface area contributed by atoms with Crippen molar-refractivity contribution >= 4 is 17.0 Å². The van der Waals surface area contributed by atoms with Gasteiger partial charge in [0, 0.05) is 6.20 Å². The van der Waals surface area contributed by atoms with Gasteiger partial charge in [0.2, 0.25) is 0 Å². The summed E-state index contributed by atoms with van der Waals surface area (Å²) in [7, 11) is 0. The van der Waals surface area contributed by atoms with E-state index in [4.69, 9.17) is 5.11 Å². The third-order valence-electron chi connectivity index (χ3n) is 1.98. The number of aromatic nitrogens is 2. The Kier molecular flexibility index (Phi) is 1.89. The van der Waals surface area contributed by atoms with Crippen LogP contribution in [0, 0.1) is 0 Å². The van der Waals surface area contributed by atoms with Crippen molar-refractivity contribution < 1.29 is 15.1 Å². The fourth-order valence-electron chi connectivity index (χ4n) is 1.27. The number of carbonyl (C=O) groups is 1. The molecule has 2 aromatic heterocycles. The molecule has 0 saturated heterocycles. The Labute approximate surface area is 83.0 Å². The highest BCUT2D eigenvalue weighted by molar-refractivity contribution is 5.91. The first-order chi connectivity index (χ1) is 7.11. The minimum Gasteiger partial charge on any atom is -0.477 e. The highest BCUT2D eigenvalue weighted by atomic mass is 16.5. The molecule has 6 heteroatoms. The summed E-state index contributed by atoms with van der Waals surface area (Å²) in [5, 5.41) is 18.1. The van der Waals surface area contributed by atoms with Crippen molar-refractivity contribution in [3.8, 4) is 0 Å². The van der Waals surface area contributed by atoms with Crippen LogP contribution in [0.1, 0.15) is 10.4 Å². The zero-order valence-corrected chi connectivity index (χ0v) is 7.41. The van der Waals surface area contributed by atoms with Gasteiger partial charge in [-0.15, -0.1) is 4.73 Å². The minimum atomic E-state index is -1.39. The first-order valence-corrected chi connectivity index (χ1v) is 4.04. The summed E-state index contributed by atoms with van der Waals surface area (Å²) in [6.07, 6.45) is 1.44. The summed E-state index contributed by atoms with van der Waals surface area (Å²) in [4.78, 5) is 25.8. The first kappa shape index (κ1) is 9.20. The average molecular weight is 206 g/mol. The van der Waals surface area contributed by atoms with Crippen LogP contribution >= 0.6 is 0 Å². The molecule has 0 atom stereocenters. The van der Waals surface area contributed by atoms with Gasteiger partial charge in [-0.3, -0.25) is 9.78 Å². The van der Waals surface area contributed by atoms with Crippen molar-refractivity contribution in [2.75, 3.05) is 0 Å². The van der Waals surface area contributed by atoms with E-state index in [0.29, 0.717) is 0 Å². The molecule has 0 unspecified atom stereocenters. The Hall–Kier alpha value is -2.37. The lowest BCUT2D eigenvalue weighted by Gasteiger charge is -2.03. The second-order valence-electron chi connectivity index (χ2n) is 2.89. The molecule has 76 valence electrons. The Morgan fingerprint density at radius 2 is 2.20 bits per heavy atom. The number of carboxylic acids is 1. The predicted molar refractivity (Wildman–Crippen MR) is 50.1 cm³/mol. The lowest BCUT2D eigenvalue weighted by molar-refractivity contribution is 0.0689. The summed E-state index contributed by atoms with van der Waals surface area (Å²) < 4.78 is 0.284. The van der Waals surface area contributed by atoms with Crippen LogP contribution in [-0.2, 0) is 0 Å². The SMILES string of the molecule is O=C(O)c1cc2ncccc2n(O)c1=O. The molecule has 0 amide bonds. The monoisotopic (exact) mass is 206 g/mol. The molecule has 2 heterocycles. The van der Waals surface area contributed by atoms with Crippen LogP contribution in [0.4, 0.5) is 0 Å². The normalized spacial score (nSPS) is 10.4. The molecule has 0 spiro atoms. The van der Waals surface area contributed by atoms with Gasteiger partial charge in [0.1, 0.15) is 11.1 Å². The van der Waals surface area contributed by atoms with Gasteiger partial charge in [-0.05, 0) is 18.2 Å². The van der Waals surface area contributed by atoms with Crippen molar-refractivity contribution in [1.82, 2.24) is 9.71 Å². The Morgan fingerprint density at radius 3 is 2.87 bits per heavy atom. The van der Waals surface area contributed by atoms with Crippen LogP contribution in [0.3, 0.4) is 0 Å². The molecule has 2 rings (SSSR count). The summed E-state index contributed by atoms with van der Waals surface area (Å²) in [5.74, 6) is -1.39. The molecular weight excluding hydrogens is 200 g/mol. The summed E-state index contributed by atoms with van der Waals surface area (Å²) in [6, 6.07) is 4.14. The molecule has 0 saturated carbocycles. The van der Waals surface area contributed by atoms with Gasteiger partial charge in [0.25, 0.3) is 5.56 Å². The van der Waals surface area contributed by atoms with Crippen LogP contribution < -0.4 is 5.56 Å². The highest BCUT2D eigenvalue weighted by Crippen LogP contribution is 2.08. The molecule has 0 aliphatic heterocycles. The zero-order chi connectivity index (χ0) is 11.0. The van der Waals surface area contributed by atoms with Crippen LogP contribution in [0.2, 0.25) is 0 Å². The Bertz CT molecular complexity index is 603. The molecule has 0 aromatic carbocycles. The number of fused-ring (bicyclic) bond motifs is 1. The van der Waals surface area contributed by atoms with E-state index in [9.17, 15) is 14.8 Å². The fraction of sp³-hybridized carbons (Fsp3) is 0. The van der Waals surface area contributed by atoms with Crippen LogP contribution in [0.25, 0.3) is 11.0 Å². The van der Waals surface area contributed by atoms with Crippen molar-refractivity contribution in [1.29, 1.82) is 0 Å². The third-order valence-corrected chi connectivity index (χ3v) is 1.98. The number of carboxylic acid groups (broad SMARTS) is 1. The molecule has 0 aliphatic carbocycles. The second-order valence-corrected chi connectivity index (χ2v) is 2.89. The van der Waals surface area contributed by atoms with Crippen LogP contribution in [0.5, 0.6) is 0 Å². The molecule has 6 nitrogen and oxygen atoms in total. The molecule has 0 bridgehead atoms. The van der Waals surface area contributed by atoms with E-state index in [0.717, 1.165) is 6.07 Å². The Balaban J connectivity index is 2.95. The van der Waals surface area contributed by atoms with Gasteiger partial charge in [-0.25, -0.2) is 4.79 Å². The molecule has 2 aromatic rings. The number of hydrogen-bond acceptors (Lipinski definition) is 4. The number of pyridine rings is 2. The fourth-order valence-corrected chi connectivity index (χ4v) is 1.27. The number of hydrogen-bond donors (Lipinski definition) is 2. The van der Waals surface area contributed by atoms with E-state index in [1.807, 2.05) is 0 Å². The van der Waals surface area contributed by atoms with E-state index in [2.05, 4.69) is 4.98 Å². The minimum absolute atomic E-state index is 0.174. The lowest BCUT2D eigenvalue weighted by atomic mass is 10.2. The number of rotatable bonds is 1. The largest absolute Gasteiger partial charge is 0.477 e. The van der Waals surface area contributed by atoms with Crippen molar-refractivity contribution in [2.45, 2.75) is 0 Å². The van der Waals surface area contributed by atoms with Crippen molar-refractivity contribution in [3.63, 3.8) is 0 Å². The predicted octanol–water partition coefficient (Wildman–Crippen LogP) is 0.332. The van der Waals surface area contributed by atoms with E-state index in [-0.39, 0.29) is 15.8 Å². The van der Waals surface area contributed by atoms with E-state index < -0.39 is 17.1 Å². The van der Waals surface area contributed by atoms with Crippen LogP contribution in [0.15, 0.2) is 29.2 Å². The van der Waals surface area contributed by atoms with Gasteiger partial charge >= 0.3 is 5.97 Å². The zero-order valence-electron chi connectivity index (χ0n) is 7.41. The number of nitrogens with zero attached hydrogens (tertiary/aromatic N) is 2. The third kappa shape index (κ3) is 1.32. The van der Waals surface area contributed by atoms with E-state index >= 15 is 0 Å². The van der Waals surface area contributed by atoms with Gasteiger partial charge in [0.05, 0.1) is 5.52 Å². The molecular formula is C9H6N2O4. The highest BCUT2D eigenvalue weighted by Gasteiger charge is 2.14. The number of aromatic carboxylic acids is 1. The molecule has 0 aliphatic rings. The van der Waals surface area contributed by atoms with Crippen molar-refractivity contribution in [2.24, 2.45) is 0 Å². The van der Waals surface area contributed by atoms with Gasteiger partial charge < -0.3 is 10.3 Å². The molecule has 2 N–H and O–H groups in total. The van der Waals surface area contributed by atoms with Gasteiger partial charge in [-0.2, -0.15) is 0 Å². The first-order valence-electron chi connectivity index (χ1n) is 4.04. The van der Waals surface area contributed by atoms with E-state index in [1.54, 1.807) is 0 Å². The van der Waals surface area contributed by atoms with Crippen molar-refractivity contribution in [3.05, 3.63) is 40.3 Å². The summed E-state index contributed by atoms with van der Waals surface area (Å²) >= 11 is 0. The Morgan fingerprint density at radius 1 is 1.47 bits per heavy atom. The maximum atomic E-state index is 11.3. The van der Waals surface area contributed by atoms with Gasteiger partial charge in [-0.1, -0.05) is 0 Å². The smallest absolute Gasteiger partial charge is 0.341 e. The van der Waals surface area contributed by atoms with Gasteiger partial charge in [0.15, 0.2) is 0 Å². The maximum Gasteiger partial charge on any atom is 0.341 e. The lowest BCUT2D eigenvalue weighted by Crippen LogP contribution is -2.25. The second kappa shape index (κ2) is 3.09. The summed E-state index contributed by atoms with van der Waals surface area (Å²) in [5.41, 5.74) is -1.06. The molecule has 15 heavy (non-hydrogen) atoms. The van der Waals surface area contributed by atoms with E-state index in [1.165, 1.54) is 18.3 Å². The topological polar surface area (TPSA) is 92.4 Å². The maximum absolute atomic E-state index is 11.3. The molecule has 0 fully saturated rings. The summed E-state index contributed by atoms with van der Waals surface area (Å²) in [6.45, 7) is 0. The molecule has 0 radical (unpaired) electrons. The standard InChI is InChI=1S/C9H6N2O4/c12-8-5(9(13)14)4-6-7(11(8)15)2-1-3-10-6/h1-4,15H,(H,13,14). The average Bonchev–Trinajstić information content (AvgIpc) is 2.23. The quantitative estimate of drug-likeness (QED) is 0.656. The van der Waals surface area contributed by atoms with Crippen LogP contribution in [-0.4, -0.2) is 26.0 Å².